The van der Waals surface area contributed by atoms with Crippen LogP contribution in [0.15, 0.2) is 40.9 Å². The molecule has 4 nitrogen and oxygen atoms in total. The minimum Gasteiger partial charge on any atom is -0.454 e. The number of nitrogens with zero attached hydrogens (tertiary/aromatic N) is 1. The lowest BCUT2D eigenvalue weighted by atomic mass is 9.98. The van der Waals surface area contributed by atoms with Crippen molar-refractivity contribution in [3.8, 4) is 22.1 Å². The lowest BCUT2D eigenvalue weighted by Gasteiger charge is -2.22. The van der Waals surface area contributed by atoms with Gasteiger partial charge in [0, 0.05) is 28.0 Å². The number of ether oxygens (including phenoxy) is 2. The predicted octanol–water partition coefficient (Wildman–Crippen LogP) is 6.12. The predicted molar refractivity (Wildman–Crippen MR) is 115 cm³/mol. The van der Waals surface area contributed by atoms with Crippen LogP contribution in [0.25, 0.3) is 10.6 Å². The van der Waals surface area contributed by atoms with E-state index in [0.717, 1.165) is 57.4 Å². The third kappa shape index (κ3) is 3.54. The van der Waals surface area contributed by atoms with Crippen molar-refractivity contribution in [2.24, 2.45) is 0 Å². The highest BCUT2D eigenvalue weighted by atomic mass is 79.9. The second-order valence-corrected chi connectivity index (χ2v) is 9.30. The molecule has 1 aliphatic heterocycles. The normalized spacial score (nSPS) is 17.6. The van der Waals surface area contributed by atoms with E-state index in [0.29, 0.717) is 6.04 Å². The van der Waals surface area contributed by atoms with Gasteiger partial charge in [-0.2, -0.15) is 0 Å². The molecule has 2 aliphatic rings. The van der Waals surface area contributed by atoms with Crippen molar-refractivity contribution in [2.75, 3.05) is 6.79 Å². The van der Waals surface area contributed by atoms with Crippen LogP contribution in [0.4, 0.5) is 0 Å². The Kier molecular flexibility index (Phi) is 5.05. The van der Waals surface area contributed by atoms with Crippen LogP contribution in [-0.2, 0) is 13.0 Å². The van der Waals surface area contributed by atoms with Gasteiger partial charge in [-0.3, -0.25) is 0 Å². The van der Waals surface area contributed by atoms with Crippen molar-refractivity contribution in [3.63, 3.8) is 0 Å². The van der Waals surface area contributed by atoms with Crippen LogP contribution < -0.4 is 14.8 Å². The molecule has 28 heavy (non-hydrogen) atoms. The molecule has 0 saturated heterocycles. The van der Waals surface area contributed by atoms with Gasteiger partial charge in [-0.05, 0) is 65.0 Å². The van der Waals surface area contributed by atoms with Crippen LogP contribution in [0.5, 0.6) is 11.5 Å². The maximum atomic E-state index is 6.02. The molecule has 1 N–H and O–H groups in total. The standard InChI is InChI=1S/C21H18BrClN2O2S/c22-15-8-12(9-18-19(15)27-11-26-18)10-24-16-2-1-3-17-20(16)28-21(25-17)13-4-6-14(23)7-5-13/h4-9,16,24H,1-3,10-11H2. The molecule has 2 aromatic carbocycles. The highest BCUT2D eigenvalue weighted by Crippen LogP contribution is 2.41. The van der Waals surface area contributed by atoms with Crippen LogP contribution in [0.3, 0.4) is 0 Å². The van der Waals surface area contributed by atoms with Crippen LogP contribution in [-0.4, -0.2) is 11.8 Å². The molecule has 0 amide bonds. The van der Waals surface area contributed by atoms with Crippen molar-refractivity contribution in [1.29, 1.82) is 0 Å². The molecule has 5 rings (SSSR count). The molecule has 1 aromatic heterocycles. The van der Waals surface area contributed by atoms with Gasteiger partial charge in [-0.15, -0.1) is 11.3 Å². The first-order valence-electron chi connectivity index (χ1n) is 9.24. The monoisotopic (exact) mass is 476 g/mol. The van der Waals surface area contributed by atoms with Crippen LogP contribution in [0, 0.1) is 0 Å². The lowest BCUT2D eigenvalue weighted by molar-refractivity contribution is 0.173. The summed E-state index contributed by atoms with van der Waals surface area (Å²) in [4.78, 5) is 6.27. The molecule has 0 spiro atoms. The van der Waals surface area contributed by atoms with Crippen LogP contribution >= 0.6 is 38.9 Å². The van der Waals surface area contributed by atoms with Gasteiger partial charge in [0.05, 0.1) is 10.2 Å². The first kappa shape index (κ1) is 18.4. The van der Waals surface area contributed by atoms with Crippen molar-refractivity contribution in [3.05, 3.63) is 62.0 Å². The van der Waals surface area contributed by atoms with E-state index in [1.807, 2.05) is 24.3 Å². The van der Waals surface area contributed by atoms with Gasteiger partial charge in [-0.1, -0.05) is 23.7 Å². The summed E-state index contributed by atoms with van der Waals surface area (Å²) in [7, 11) is 0. The number of hydrogen-bond donors (Lipinski definition) is 1. The van der Waals surface area contributed by atoms with Crippen molar-refractivity contribution < 1.29 is 9.47 Å². The molecule has 144 valence electrons. The van der Waals surface area contributed by atoms with Gasteiger partial charge in [0.25, 0.3) is 0 Å². The summed E-state index contributed by atoms with van der Waals surface area (Å²) in [6.45, 7) is 1.05. The molecule has 3 aromatic rings. The van der Waals surface area contributed by atoms with Gasteiger partial charge < -0.3 is 14.8 Å². The van der Waals surface area contributed by atoms with E-state index in [1.54, 1.807) is 11.3 Å². The molecule has 1 unspecified atom stereocenters. The Balaban J connectivity index is 1.35. The molecular formula is C21H18BrClN2O2S. The first-order valence-corrected chi connectivity index (χ1v) is 11.2. The Bertz CT molecular complexity index is 1020. The van der Waals surface area contributed by atoms with E-state index in [9.17, 15) is 0 Å². The number of rotatable bonds is 4. The smallest absolute Gasteiger partial charge is 0.231 e. The molecule has 1 aliphatic carbocycles. The maximum Gasteiger partial charge on any atom is 0.231 e. The van der Waals surface area contributed by atoms with E-state index in [2.05, 4.69) is 33.4 Å². The molecule has 7 heteroatoms. The lowest BCUT2D eigenvalue weighted by Crippen LogP contribution is -2.23. The third-order valence-electron chi connectivity index (χ3n) is 5.08. The fourth-order valence-electron chi connectivity index (χ4n) is 3.69. The first-order chi connectivity index (χ1) is 13.7. The zero-order valence-corrected chi connectivity index (χ0v) is 18.2. The van der Waals surface area contributed by atoms with Gasteiger partial charge in [-0.25, -0.2) is 4.98 Å². The zero-order valence-electron chi connectivity index (χ0n) is 15.0. The number of halogens is 2. The summed E-state index contributed by atoms with van der Waals surface area (Å²) < 4.78 is 11.9. The number of nitrogens with one attached hydrogen (secondary N) is 1. The topological polar surface area (TPSA) is 43.4 Å². The van der Waals surface area contributed by atoms with Gasteiger partial charge in [0.2, 0.25) is 6.79 Å². The summed E-state index contributed by atoms with van der Waals surface area (Å²) in [5, 5.41) is 5.54. The van der Waals surface area contributed by atoms with Crippen LogP contribution in [0.1, 0.15) is 35.0 Å². The summed E-state index contributed by atoms with van der Waals surface area (Å²) >= 11 is 11.4. The van der Waals surface area contributed by atoms with Gasteiger partial charge in [0.1, 0.15) is 5.01 Å². The largest absolute Gasteiger partial charge is 0.454 e. The van der Waals surface area contributed by atoms with Gasteiger partial charge >= 0.3 is 0 Å². The minimum absolute atomic E-state index is 0.283. The number of thiazole rings is 1. The molecule has 0 fully saturated rings. The number of hydrogen-bond acceptors (Lipinski definition) is 5. The summed E-state index contributed by atoms with van der Waals surface area (Å²) in [5.41, 5.74) is 3.53. The van der Waals surface area contributed by atoms with E-state index < -0.39 is 0 Å². The number of benzene rings is 2. The average molecular weight is 478 g/mol. The van der Waals surface area contributed by atoms with Gasteiger partial charge in [0.15, 0.2) is 11.5 Å². The fourth-order valence-corrected chi connectivity index (χ4v) is 5.65. The quantitative estimate of drug-likeness (QED) is 0.491. The maximum absolute atomic E-state index is 6.02. The highest BCUT2D eigenvalue weighted by molar-refractivity contribution is 9.10. The number of aryl methyl sites for hydroxylation is 1. The Labute approximate surface area is 181 Å². The molecule has 0 bridgehead atoms. The summed E-state index contributed by atoms with van der Waals surface area (Å²) in [6, 6.07) is 12.4. The number of aromatic nitrogens is 1. The number of fused-ring (bicyclic) bond motifs is 2. The van der Waals surface area contributed by atoms with E-state index in [-0.39, 0.29) is 6.79 Å². The molecular weight excluding hydrogens is 460 g/mol. The minimum atomic E-state index is 0.283. The Morgan fingerprint density at radius 2 is 2.07 bits per heavy atom. The molecule has 2 heterocycles. The Hall–Kier alpha value is -1.60. The van der Waals surface area contributed by atoms with Crippen LogP contribution in [0.2, 0.25) is 5.02 Å². The molecule has 0 radical (unpaired) electrons. The van der Waals surface area contributed by atoms with E-state index in [1.165, 1.54) is 16.1 Å². The Morgan fingerprint density at radius 1 is 1.21 bits per heavy atom. The Morgan fingerprint density at radius 3 is 2.93 bits per heavy atom. The fraction of sp³-hybridized carbons (Fsp3) is 0.286. The second-order valence-electron chi connectivity index (χ2n) is 6.97. The second kappa shape index (κ2) is 7.67. The zero-order chi connectivity index (χ0) is 19.1. The third-order valence-corrected chi connectivity index (χ3v) is 7.18. The average Bonchev–Trinajstić information content (AvgIpc) is 3.34. The molecule has 0 saturated carbocycles. The van der Waals surface area contributed by atoms with Crippen molar-refractivity contribution in [2.45, 2.75) is 31.8 Å². The summed E-state index contributed by atoms with van der Waals surface area (Å²) in [5.74, 6) is 1.59. The SMILES string of the molecule is Clc1ccc(-c2nc3c(s2)C(NCc2cc(Br)c4c(c2)OCO4)CCC3)cc1. The van der Waals surface area contributed by atoms with Crippen molar-refractivity contribution >= 4 is 38.9 Å². The molecule has 1 atom stereocenters. The summed E-state index contributed by atoms with van der Waals surface area (Å²) in [6.07, 6.45) is 3.33. The highest BCUT2D eigenvalue weighted by Gasteiger charge is 2.25. The van der Waals surface area contributed by atoms with E-state index in [4.69, 9.17) is 26.1 Å². The van der Waals surface area contributed by atoms with E-state index >= 15 is 0 Å². The van der Waals surface area contributed by atoms with Crippen molar-refractivity contribution in [1.82, 2.24) is 10.3 Å².